The Kier molecular flexibility index (Phi) is 5.24. The van der Waals surface area contributed by atoms with Crippen molar-refractivity contribution in [3.8, 4) is 11.5 Å². The molecule has 1 fully saturated rings. The second-order valence-corrected chi connectivity index (χ2v) is 8.93. The standard InChI is InChI=1S/C25H24F3N5O2/c1-5-15-16(25(15,27)28)11-33-21(8-13-6-7-18(12(2)29)30-22(13)33)23-31-19-9-14(24(34)35-4)17(26)10-20(19)32(23)3/h5-10,12,15-16H,1,11,29H2,2-4H3/t12?,15-,16+/m1/s1. The Morgan fingerprint density at radius 3 is 2.69 bits per heavy atom. The van der Waals surface area contributed by atoms with Gasteiger partial charge in [-0.3, -0.25) is 0 Å². The van der Waals surface area contributed by atoms with Crippen molar-refractivity contribution in [3.63, 3.8) is 0 Å². The van der Waals surface area contributed by atoms with E-state index >= 15 is 0 Å². The number of nitrogens with two attached hydrogens (primary N) is 1. The van der Waals surface area contributed by atoms with Gasteiger partial charge in [0.1, 0.15) is 11.5 Å². The molecule has 1 aliphatic rings. The predicted molar refractivity (Wildman–Crippen MR) is 125 cm³/mol. The summed E-state index contributed by atoms with van der Waals surface area (Å²) >= 11 is 0. The van der Waals surface area contributed by atoms with Crippen LogP contribution in [-0.4, -0.2) is 38.1 Å². The molecule has 182 valence electrons. The summed E-state index contributed by atoms with van der Waals surface area (Å²) in [5.41, 5.74) is 8.26. The van der Waals surface area contributed by atoms with Crippen molar-refractivity contribution < 1.29 is 22.7 Å². The molecule has 1 unspecified atom stereocenters. The van der Waals surface area contributed by atoms with Crippen LogP contribution in [0, 0.1) is 17.7 Å². The van der Waals surface area contributed by atoms with Gasteiger partial charge in [0.15, 0.2) is 5.82 Å². The fourth-order valence-corrected chi connectivity index (χ4v) is 4.64. The molecule has 0 amide bonds. The number of hydrogen-bond donors (Lipinski definition) is 1. The lowest BCUT2D eigenvalue weighted by Crippen LogP contribution is -2.11. The highest BCUT2D eigenvalue weighted by Crippen LogP contribution is 2.57. The van der Waals surface area contributed by atoms with Gasteiger partial charge < -0.3 is 19.6 Å². The number of hydrogen-bond acceptors (Lipinski definition) is 5. The normalized spacial score (nSPS) is 19.7. The zero-order chi connectivity index (χ0) is 25.2. The third-order valence-electron chi connectivity index (χ3n) is 6.73. The molecular formula is C25H24F3N5O2. The number of rotatable bonds is 6. The van der Waals surface area contributed by atoms with Gasteiger partial charge in [0.05, 0.1) is 46.9 Å². The molecule has 4 aromatic rings. The largest absolute Gasteiger partial charge is 0.465 e. The number of benzene rings is 1. The Morgan fingerprint density at radius 1 is 1.31 bits per heavy atom. The van der Waals surface area contributed by atoms with Crippen molar-refractivity contribution >= 4 is 28.0 Å². The first kappa shape index (κ1) is 23.1. The van der Waals surface area contributed by atoms with Gasteiger partial charge in [-0.15, -0.1) is 6.58 Å². The summed E-state index contributed by atoms with van der Waals surface area (Å²) in [7, 11) is 2.87. The van der Waals surface area contributed by atoms with Gasteiger partial charge in [-0.25, -0.2) is 27.9 Å². The van der Waals surface area contributed by atoms with Crippen LogP contribution in [0.4, 0.5) is 13.2 Å². The molecule has 7 nitrogen and oxygen atoms in total. The molecule has 1 aromatic carbocycles. The quantitative estimate of drug-likeness (QED) is 0.320. The molecule has 0 bridgehead atoms. The third-order valence-corrected chi connectivity index (χ3v) is 6.73. The number of alkyl halides is 2. The average molecular weight is 483 g/mol. The van der Waals surface area contributed by atoms with Crippen LogP contribution >= 0.6 is 0 Å². The van der Waals surface area contributed by atoms with Crippen LogP contribution in [0.5, 0.6) is 0 Å². The first-order chi connectivity index (χ1) is 16.6. The van der Waals surface area contributed by atoms with E-state index in [1.165, 1.54) is 25.3 Å². The van der Waals surface area contributed by atoms with E-state index in [-0.39, 0.29) is 18.2 Å². The number of imidazole rings is 1. The molecular weight excluding hydrogens is 459 g/mol. The number of allylic oxidation sites excluding steroid dienone is 1. The monoisotopic (exact) mass is 483 g/mol. The minimum absolute atomic E-state index is 0.0110. The summed E-state index contributed by atoms with van der Waals surface area (Å²) in [6.07, 6.45) is 1.28. The van der Waals surface area contributed by atoms with Gasteiger partial charge in [0.25, 0.3) is 5.92 Å². The zero-order valence-electron chi connectivity index (χ0n) is 19.4. The van der Waals surface area contributed by atoms with Crippen LogP contribution in [0.25, 0.3) is 33.6 Å². The van der Waals surface area contributed by atoms with E-state index in [1.807, 2.05) is 12.1 Å². The molecule has 5 rings (SSSR count). The maximum atomic E-state index is 14.6. The first-order valence-corrected chi connectivity index (χ1v) is 11.1. The summed E-state index contributed by atoms with van der Waals surface area (Å²) in [5, 5.41) is 0.733. The van der Waals surface area contributed by atoms with Crippen molar-refractivity contribution in [3.05, 3.63) is 60.1 Å². The fourth-order valence-electron chi connectivity index (χ4n) is 4.64. The van der Waals surface area contributed by atoms with Crippen LogP contribution in [0.3, 0.4) is 0 Å². The third kappa shape index (κ3) is 3.51. The molecule has 0 radical (unpaired) electrons. The van der Waals surface area contributed by atoms with E-state index < -0.39 is 29.5 Å². The number of fused-ring (bicyclic) bond motifs is 2. The van der Waals surface area contributed by atoms with Gasteiger partial charge in [0, 0.05) is 31.1 Å². The highest BCUT2D eigenvalue weighted by Gasteiger charge is 2.66. The lowest BCUT2D eigenvalue weighted by Gasteiger charge is -2.11. The fraction of sp³-hybridized carbons (Fsp3) is 0.320. The molecule has 35 heavy (non-hydrogen) atoms. The SMILES string of the molecule is C=C[C@@H]1[C@H](Cn2c(-c3nc4cc(C(=O)OC)c(F)cc4n3C)cc3ccc(C(C)N)nc32)C1(F)F. The molecule has 0 aliphatic heterocycles. The topological polar surface area (TPSA) is 88.0 Å². The van der Waals surface area contributed by atoms with Crippen LogP contribution in [0.15, 0.2) is 43.0 Å². The second kappa shape index (κ2) is 7.94. The summed E-state index contributed by atoms with van der Waals surface area (Å²) in [5.74, 6) is -5.87. The summed E-state index contributed by atoms with van der Waals surface area (Å²) in [4.78, 5) is 21.2. The van der Waals surface area contributed by atoms with Gasteiger partial charge in [0.2, 0.25) is 0 Å². The number of ether oxygens (including phenoxy) is 1. The zero-order valence-corrected chi connectivity index (χ0v) is 19.4. The maximum absolute atomic E-state index is 14.6. The number of aryl methyl sites for hydroxylation is 1. The molecule has 3 aromatic heterocycles. The van der Waals surface area contributed by atoms with Crippen LogP contribution in [0.1, 0.15) is 29.0 Å². The van der Waals surface area contributed by atoms with E-state index in [0.29, 0.717) is 33.9 Å². The maximum Gasteiger partial charge on any atom is 0.340 e. The van der Waals surface area contributed by atoms with Crippen molar-refractivity contribution in [2.45, 2.75) is 25.4 Å². The molecule has 1 saturated carbocycles. The number of carbonyl (C=O) groups excluding carboxylic acids is 1. The number of halogens is 3. The molecule has 2 N–H and O–H groups in total. The van der Waals surface area contributed by atoms with Gasteiger partial charge in [-0.1, -0.05) is 6.08 Å². The first-order valence-electron chi connectivity index (χ1n) is 11.1. The predicted octanol–water partition coefficient (Wildman–Crippen LogP) is 4.60. The van der Waals surface area contributed by atoms with Crippen molar-refractivity contribution in [1.82, 2.24) is 19.1 Å². The lowest BCUT2D eigenvalue weighted by atomic mass is 10.2. The Balaban J connectivity index is 1.72. The second-order valence-electron chi connectivity index (χ2n) is 8.93. The highest BCUT2D eigenvalue weighted by molar-refractivity contribution is 5.95. The van der Waals surface area contributed by atoms with Crippen LogP contribution in [0.2, 0.25) is 0 Å². The van der Waals surface area contributed by atoms with Crippen molar-refractivity contribution in [1.29, 1.82) is 0 Å². The van der Waals surface area contributed by atoms with E-state index in [2.05, 4.69) is 21.3 Å². The molecule has 3 atom stereocenters. The summed E-state index contributed by atoms with van der Waals surface area (Å²) in [6.45, 7) is 5.33. The minimum atomic E-state index is -2.86. The van der Waals surface area contributed by atoms with E-state index in [1.54, 1.807) is 29.2 Å². The number of aromatic nitrogens is 4. The molecule has 0 saturated heterocycles. The molecule has 1 aliphatic carbocycles. The van der Waals surface area contributed by atoms with E-state index in [9.17, 15) is 18.0 Å². The number of methoxy groups -OCH3 is 1. The van der Waals surface area contributed by atoms with Crippen LogP contribution < -0.4 is 5.73 Å². The number of esters is 1. The number of pyridine rings is 1. The highest BCUT2D eigenvalue weighted by atomic mass is 19.3. The van der Waals surface area contributed by atoms with E-state index in [0.717, 1.165) is 5.39 Å². The summed E-state index contributed by atoms with van der Waals surface area (Å²) in [6, 6.07) is 7.64. The Labute approximate surface area is 199 Å². The van der Waals surface area contributed by atoms with Crippen molar-refractivity contribution in [2.24, 2.45) is 24.6 Å². The number of carbonyl (C=O) groups is 1. The number of nitrogens with zero attached hydrogens (tertiary/aromatic N) is 4. The lowest BCUT2D eigenvalue weighted by molar-refractivity contribution is 0.0595. The van der Waals surface area contributed by atoms with E-state index in [4.69, 9.17) is 5.73 Å². The Morgan fingerprint density at radius 2 is 2.06 bits per heavy atom. The van der Waals surface area contributed by atoms with Gasteiger partial charge >= 0.3 is 5.97 Å². The molecule has 0 spiro atoms. The smallest absolute Gasteiger partial charge is 0.340 e. The summed E-state index contributed by atoms with van der Waals surface area (Å²) < 4.78 is 51.4. The minimum Gasteiger partial charge on any atom is -0.465 e. The Bertz CT molecular complexity index is 1500. The average Bonchev–Trinajstić information content (AvgIpc) is 3.07. The van der Waals surface area contributed by atoms with Crippen molar-refractivity contribution in [2.75, 3.05) is 7.11 Å². The van der Waals surface area contributed by atoms with Gasteiger partial charge in [-0.2, -0.15) is 0 Å². The molecule has 3 heterocycles. The molecule has 10 heteroatoms. The van der Waals surface area contributed by atoms with Gasteiger partial charge in [-0.05, 0) is 31.2 Å². The van der Waals surface area contributed by atoms with Crippen LogP contribution in [-0.2, 0) is 18.3 Å². The Hall–Kier alpha value is -3.66.